The van der Waals surface area contributed by atoms with Crippen molar-refractivity contribution < 1.29 is 91.8 Å². The number of carbonyl (C=O) groups excluding carboxylic acids is 6. The number of phenols is 4. The molecule has 0 fully saturated rings. The zero-order valence-corrected chi connectivity index (χ0v) is 39.4. The zero-order chi connectivity index (χ0) is 52.4. The van der Waals surface area contributed by atoms with E-state index >= 15 is 0 Å². The second-order valence-corrected chi connectivity index (χ2v) is 16.6. The summed E-state index contributed by atoms with van der Waals surface area (Å²) in [5.74, 6) is -4.97. The Balaban J connectivity index is 1.37. The lowest BCUT2D eigenvalue weighted by molar-refractivity contribution is -0.112. The maximum absolute atomic E-state index is 13.6. The van der Waals surface area contributed by atoms with Gasteiger partial charge in [0.15, 0.2) is 0 Å². The summed E-state index contributed by atoms with van der Waals surface area (Å²) < 4.78 is 51.5. The summed E-state index contributed by atoms with van der Waals surface area (Å²) in [4.78, 5) is 81.4. The van der Waals surface area contributed by atoms with Crippen LogP contribution in [0.4, 0.5) is 0 Å². The smallest absolute Gasteiger partial charge is 0.338 e. The van der Waals surface area contributed by atoms with Crippen molar-refractivity contribution in [3.63, 3.8) is 0 Å². The molecule has 0 aliphatic rings. The van der Waals surface area contributed by atoms with Crippen LogP contribution in [0.1, 0.15) is 62.1 Å². The van der Waals surface area contributed by atoms with Crippen molar-refractivity contribution in [1.29, 1.82) is 0 Å². The predicted molar refractivity (Wildman–Crippen MR) is 256 cm³/mol. The van der Waals surface area contributed by atoms with Crippen LogP contribution in [0.3, 0.4) is 0 Å². The molecule has 380 valence electrons. The number of aromatic hydroxyl groups is 4. The highest BCUT2D eigenvalue weighted by molar-refractivity contribution is 5.92. The molecule has 0 bridgehead atoms. The predicted octanol–water partition coefficient (Wildman–Crippen LogP) is 6.96. The van der Waals surface area contributed by atoms with Crippen LogP contribution in [-0.4, -0.2) is 123 Å². The highest BCUT2D eigenvalue weighted by atomic mass is 16.6. The molecule has 0 saturated heterocycles. The molecule has 0 aliphatic carbocycles. The summed E-state index contributed by atoms with van der Waals surface area (Å²) in [6.07, 6.45) is 0. The van der Waals surface area contributed by atoms with E-state index in [-0.39, 0.29) is 56.4 Å². The van der Waals surface area contributed by atoms with Crippen molar-refractivity contribution in [3.8, 4) is 34.5 Å². The topological polar surface area (TPSA) is 266 Å². The number of hydrogen-bond acceptors (Lipinski definition) is 19. The van der Waals surface area contributed by atoms with E-state index in [1.807, 2.05) is 0 Å². The summed E-state index contributed by atoms with van der Waals surface area (Å²) in [7, 11) is 2.89. The van der Waals surface area contributed by atoms with Gasteiger partial charge in [0, 0.05) is 0 Å². The summed E-state index contributed by atoms with van der Waals surface area (Å²) >= 11 is 0. The van der Waals surface area contributed by atoms with E-state index in [0.717, 1.165) is 0 Å². The van der Waals surface area contributed by atoms with Gasteiger partial charge in [0.25, 0.3) is 0 Å². The van der Waals surface area contributed by atoms with Gasteiger partial charge in [-0.2, -0.15) is 0 Å². The summed E-state index contributed by atoms with van der Waals surface area (Å²) in [5.41, 5.74) is -3.39. The van der Waals surface area contributed by atoms with Crippen LogP contribution in [0.25, 0.3) is 0 Å². The second kappa shape index (κ2) is 25.1. The molecule has 6 aromatic rings. The van der Waals surface area contributed by atoms with E-state index in [2.05, 4.69) is 0 Å². The van der Waals surface area contributed by atoms with Gasteiger partial charge in [-0.1, -0.05) is 0 Å². The van der Waals surface area contributed by atoms with Gasteiger partial charge in [0.2, 0.25) is 0 Å². The summed E-state index contributed by atoms with van der Waals surface area (Å²) in [6, 6.07) is 32.3. The Morgan fingerprint density at radius 3 is 0.658 bits per heavy atom. The third kappa shape index (κ3) is 15.4. The Kier molecular flexibility index (Phi) is 18.3. The maximum Gasteiger partial charge on any atom is 0.338 e. The fourth-order valence-electron chi connectivity index (χ4n) is 6.64. The first kappa shape index (κ1) is 53.3. The van der Waals surface area contributed by atoms with E-state index in [1.165, 1.54) is 160 Å². The Morgan fingerprint density at radius 1 is 0.301 bits per heavy atom. The standard InChI is InChI=1S/C54H50O19/c1-65-45-23-11-39(12-24-45)51(63)72-33-54(32-71-50(62)38-9-21-44(58)22-10-38,34-73-52(64)40-13-25-46(66-2)26-14-40)28-67-27-53(29-68-47(59)35-3-15-41(55)16-4-35,30-69-48(60)36-5-17-42(56)18-6-36)31-70-49(61)37-7-19-43(57)20-8-37/h3-26,55-58H,27-34H2,1-2H3. The number of methoxy groups -OCH3 is 2. The van der Waals surface area contributed by atoms with Crippen molar-refractivity contribution in [3.05, 3.63) is 179 Å². The van der Waals surface area contributed by atoms with Crippen LogP contribution in [0, 0.1) is 10.8 Å². The lowest BCUT2D eigenvalue weighted by Crippen LogP contribution is -2.47. The molecule has 19 nitrogen and oxygen atoms in total. The molecular formula is C54H50O19. The van der Waals surface area contributed by atoms with Crippen molar-refractivity contribution >= 4 is 35.8 Å². The van der Waals surface area contributed by atoms with Crippen molar-refractivity contribution in [1.82, 2.24) is 0 Å². The summed E-state index contributed by atoms with van der Waals surface area (Å²) in [6.45, 7) is -5.22. The van der Waals surface area contributed by atoms with Gasteiger partial charge in [-0.15, -0.1) is 0 Å². The molecule has 0 heterocycles. The Hall–Kier alpha value is -9.10. The molecule has 0 aromatic heterocycles. The van der Waals surface area contributed by atoms with Crippen LogP contribution >= 0.6 is 0 Å². The van der Waals surface area contributed by atoms with Gasteiger partial charge in [0.1, 0.15) is 74.1 Å². The van der Waals surface area contributed by atoms with Crippen LogP contribution in [-0.2, 0) is 33.2 Å². The normalized spacial score (nSPS) is 11.1. The largest absolute Gasteiger partial charge is 0.508 e. The minimum Gasteiger partial charge on any atom is -0.508 e. The first-order valence-electron chi connectivity index (χ1n) is 22.1. The van der Waals surface area contributed by atoms with E-state index in [1.54, 1.807) is 0 Å². The molecule has 0 unspecified atom stereocenters. The van der Waals surface area contributed by atoms with Gasteiger partial charge in [-0.05, 0) is 146 Å². The van der Waals surface area contributed by atoms with E-state index in [9.17, 15) is 49.2 Å². The molecule has 0 spiro atoms. The molecule has 0 radical (unpaired) electrons. The number of rotatable bonds is 24. The number of hydrogen-bond donors (Lipinski definition) is 4. The van der Waals surface area contributed by atoms with Crippen molar-refractivity contribution in [2.45, 2.75) is 0 Å². The number of ether oxygens (including phenoxy) is 9. The van der Waals surface area contributed by atoms with Gasteiger partial charge < -0.3 is 63.1 Å². The Labute approximate surface area is 417 Å². The molecule has 73 heavy (non-hydrogen) atoms. The molecule has 0 atom stereocenters. The fourth-order valence-corrected chi connectivity index (χ4v) is 6.64. The lowest BCUT2D eigenvalue weighted by atomic mass is 9.90. The quantitative estimate of drug-likeness (QED) is 0.0353. The van der Waals surface area contributed by atoms with Crippen LogP contribution in [0.2, 0.25) is 0 Å². The first-order valence-corrected chi connectivity index (χ1v) is 22.1. The molecule has 19 heteroatoms. The first-order chi connectivity index (χ1) is 35.1. The molecule has 6 rings (SSSR count). The zero-order valence-electron chi connectivity index (χ0n) is 39.4. The SMILES string of the molecule is COc1ccc(C(=O)OCC(COCC(COC(=O)c2ccc(O)cc2)(COC(=O)c2ccc(O)cc2)COC(=O)c2ccc(O)cc2)(COC(=O)c2ccc(O)cc2)COC(=O)c2ccc(OC)cc2)cc1. The molecule has 6 aromatic carbocycles. The number of esters is 6. The van der Waals surface area contributed by atoms with E-state index in [4.69, 9.17) is 42.6 Å². The Bertz CT molecular complexity index is 2600. The number of carbonyl (C=O) groups is 6. The van der Waals surface area contributed by atoms with Crippen molar-refractivity contribution in [2.75, 3.05) is 67.1 Å². The number of phenolic OH excluding ortho intramolecular Hbond substituents is 4. The van der Waals surface area contributed by atoms with Crippen molar-refractivity contribution in [2.24, 2.45) is 10.8 Å². The van der Waals surface area contributed by atoms with Gasteiger partial charge in [-0.3, -0.25) is 0 Å². The van der Waals surface area contributed by atoms with Crippen LogP contribution in [0.5, 0.6) is 34.5 Å². The van der Waals surface area contributed by atoms with Gasteiger partial charge in [-0.25, -0.2) is 28.8 Å². The third-order valence-electron chi connectivity index (χ3n) is 10.9. The number of benzene rings is 6. The monoisotopic (exact) mass is 1000 g/mol. The second-order valence-electron chi connectivity index (χ2n) is 16.6. The highest BCUT2D eigenvalue weighted by Crippen LogP contribution is 2.29. The maximum atomic E-state index is 13.6. The van der Waals surface area contributed by atoms with Gasteiger partial charge in [0.05, 0.1) is 71.6 Å². The average Bonchev–Trinajstić information content (AvgIpc) is 3.41. The third-order valence-corrected chi connectivity index (χ3v) is 10.9. The summed E-state index contributed by atoms with van der Waals surface area (Å²) in [5, 5.41) is 39.4. The lowest BCUT2D eigenvalue weighted by Gasteiger charge is -2.35. The Morgan fingerprint density at radius 2 is 0.479 bits per heavy atom. The molecule has 0 aliphatic heterocycles. The van der Waals surface area contributed by atoms with E-state index < -0.39 is 99.5 Å². The van der Waals surface area contributed by atoms with Gasteiger partial charge >= 0.3 is 35.8 Å². The minimum atomic E-state index is -1.81. The molecule has 4 N–H and O–H groups in total. The van der Waals surface area contributed by atoms with E-state index in [0.29, 0.717) is 11.5 Å². The molecule has 0 saturated carbocycles. The minimum absolute atomic E-state index is 0.00149. The average molecular weight is 1000 g/mol. The highest BCUT2D eigenvalue weighted by Gasteiger charge is 2.41. The fraction of sp³-hybridized carbons (Fsp3) is 0.222. The van der Waals surface area contributed by atoms with Crippen LogP contribution < -0.4 is 9.47 Å². The molecular weight excluding hydrogens is 953 g/mol. The van der Waals surface area contributed by atoms with Crippen LogP contribution in [0.15, 0.2) is 146 Å². The molecule has 0 amide bonds.